The van der Waals surface area contributed by atoms with Gasteiger partial charge in [-0.3, -0.25) is 0 Å². The van der Waals surface area contributed by atoms with Crippen molar-refractivity contribution in [3.63, 3.8) is 0 Å². The summed E-state index contributed by atoms with van der Waals surface area (Å²) in [7, 11) is -3.20. The fourth-order valence-electron chi connectivity index (χ4n) is 3.15. The molecule has 0 saturated heterocycles. The molecule has 2 aromatic rings. The van der Waals surface area contributed by atoms with Crippen LogP contribution >= 0.6 is 0 Å². The summed E-state index contributed by atoms with van der Waals surface area (Å²) in [6.45, 7) is 12.4. The fourth-order valence-corrected chi connectivity index (χ4v) is 4.11. The summed E-state index contributed by atoms with van der Waals surface area (Å²) in [6.07, 6.45) is 1.23. The molecule has 0 heterocycles. The summed E-state index contributed by atoms with van der Waals surface area (Å²) in [5, 5.41) is 6.72. The van der Waals surface area contributed by atoms with E-state index in [4.69, 9.17) is 0 Å². The first-order valence-corrected chi connectivity index (χ1v) is 11.8. The van der Waals surface area contributed by atoms with Gasteiger partial charge in [-0.15, -0.1) is 0 Å². The van der Waals surface area contributed by atoms with Crippen molar-refractivity contribution in [3.8, 4) is 0 Å². The molecule has 0 aliphatic carbocycles. The molecule has 0 saturated carbocycles. The van der Waals surface area contributed by atoms with Gasteiger partial charge in [0.15, 0.2) is 15.8 Å². The second-order valence-corrected chi connectivity index (χ2v) is 10.2. The number of aryl methyl sites for hydroxylation is 2. The van der Waals surface area contributed by atoms with Crippen molar-refractivity contribution < 1.29 is 8.42 Å². The molecular weight excluding hydrogens is 382 g/mol. The Hall–Kier alpha value is -2.34. The van der Waals surface area contributed by atoms with Crippen molar-refractivity contribution in [1.82, 2.24) is 10.6 Å². The van der Waals surface area contributed by atoms with E-state index in [-0.39, 0.29) is 5.41 Å². The molecule has 6 heteroatoms. The third kappa shape index (κ3) is 6.60. The molecule has 0 aromatic heterocycles. The molecule has 0 fully saturated rings. The maximum absolute atomic E-state index is 11.8. The summed E-state index contributed by atoms with van der Waals surface area (Å²) in [6, 6.07) is 14.0. The number of benzene rings is 2. The van der Waals surface area contributed by atoms with Gasteiger partial charge >= 0.3 is 0 Å². The van der Waals surface area contributed by atoms with Gasteiger partial charge in [0, 0.05) is 24.8 Å². The van der Waals surface area contributed by atoms with E-state index in [1.807, 2.05) is 26.0 Å². The highest BCUT2D eigenvalue weighted by molar-refractivity contribution is 7.90. The van der Waals surface area contributed by atoms with E-state index in [2.05, 4.69) is 60.7 Å². The van der Waals surface area contributed by atoms with E-state index >= 15 is 0 Å². The minimum Gasteiger partial charge on any atom is -0.357 e. The van der Waals surface area contributed by atoms with Crippen LogP contribution in [0.5, 0.6) is 0 Å². The maximum Gasteiger partial charge on any atom is 0.191 e. The number of nitrogens with one attached hydrogen (secondary N) is 2. The normalized spacial score (nSPS) is 12.7. The number of aliphatic imine (C=N–C) groups is 1. The third-order valence-corrected chi connectivity index (χ3v) is 6.19. The second-order valence-electron chi connectivity index (χ2n) is 8.17. The molecule has 158 valence electrons. The van der Waals surface area contributed by atoms with Crippen LogP contribution in [-0.4, -0.2) is 33.7 Å². The Kier molecular flexibility index (Phi) is 7.47. The largest absolute Gasteiger partial charge is 0.357 e. The van der Waals surface area contributed by atoms with Crippen molar-refractivity contribution in [2.45, 2.75) is 51.5 Å². The molecule has 0 spiro atoms. The van der Waals surface area contributed by atoms with Crippen molar-refractivity contribution in [2.24, 2.45) is 4.99 Å². The molecule has 0 aliphatic heterocycles. The average Bonchev–Trinajstić information content (AvgIpc) is 2.63. The Morgan fingerprint density at radius 1 is 1.03 bits per heavy atom. The first kappa shape index (κ1) is 22.9. The van der Waals surface area contributed by atoms with Gasteiger partial charge in [-0.25, -0.2) is 13.4 Å². The molecule has 0 amide bonds. The second kappa shape index (κ2) is 9.44. The van der Waals surface area contributed by atoms with Crippen LogP contribution in [0.15, 0.2) is 52.4 Å². The zero-order valence-electron chi connectivity index (χ0n) is 18.3. The monoisotopic (exact) mass is 415 g/mol. The van der Waals surface area contributed by atoms with Crippen LogP contribution in [0.25, 0.3) is 0 Å². The lowest BCUT2D eigenvalue weighted by atomic mass is 9.84. The molecule has 2 rings (SSSR count). The summed E-state index contributed by atoms with van der Waals surface area (Å²) in [5.74, 6) is 0.748. The lowest BCUT2D eigenvalue weighted by Gasteiger charge is -2.27. The van der Waals surface area contributed by atoms with E-state index in [9.17, 15) is 8.42 Å². The molecule has 2 N–H and O–H groups in total. The quantitative estimate of drug-likeness (QED) is 0.534. The van der Waals surface area contributed by atoms with E-state index in [0.29, 0.717) is 11.4 Å². The Balaban J connectivity index is 2.10. The number of nitrogens with zero attached hydrogens (tertiary/aromatic N) is 1. The zero-order chi connectivity index (χ0) is 21.7. The van der Waals surface area contributed by atoms with Gasteiger partial charge in [0.25, 0.3) is 0 Å². The summed E-state index contributed by atoms with van der Waals surface area (Å²) < 4.78 is 23.6. The Morgan fingerprint density at radius 2 is 1.69 bits per heavy atom. The fraction of sp³-hybridized carbons (Fsp3) is 0.435. The van der Waals surface area contributed by atoms with Crippen molar-refractivity contribution in [3.05, 3.63) is 64.7 Å². The van der Waals surface area contributed by atoms with Crippen LogP contribution in [0.4, 0.5) is 0 Å². The van der Waals surface area contributed by atoms with Gasteiger partial charge in [-0.1, -0.05) is 55.8 Å². The van der Waals surface area contributed by atoms with Crippen LogP contribution in [0.2, 0.25) is 0 Å². The van der Waals surface area contributed by atoms with Gasteiger partial charge in [0.1, 0.15) is 0 Å². The Labute approximate surface area is 175 Å². The molecule has 5 nitrogen and oxygen atoms in total. The van der Waals surface area contributed by atoms with Gasteiger partial charge in [-0.05, 0) is 43.5 Å². The predicted octanol–water partition coefficient (Wildman–Crippen LogP) is 3.74. The molecular formula is C23H33N3O2S. The van der Waals surface area contributed by atoms with Crippen LogP contribution in [-0.2, 0) is 21.8 Å². The molecule has 0 unspecified atom stereocenters. The third-order valence-electron chi connectivity index (χ3n) is 4.93. The highest BCUT2D eigenvalue weighted by Crippen LogP contribution is 2.22. The average molecular weight is 416 g/mol. The smallest absolute Gasteiger partial charge is 0.191 e. The topological polar surface area (TPSA) is 70.6 Å². The van der Waals surface area contributed by atoms with Crippen LogP contribution in [0, 0.1) is 13.8 Å². The summed E-state index contributed by atoms with van der Waals surface area (Å²) in [4.78, 5) is 5.04. The number of hydrogen-bond acceptors (Lipinski definition) is 3. The molecule has 2 aromatic carbocycles. The van der Waals surface area contributed by atoms with Gasteiger partial charge in [0.2, 0.25) is 0 Å². The number of rotatable bonds is 7. The van der Waals surface area contributed by atoms with Crippen LogP contribution in [0.1, 0.15) is 43.0 Å². The van der Waals surface area contributed by atoms with Gasteiger partial charge in [0.05, 0.1) is 11.4 Å². The predicted molar refractivity (Wildman–Crippen MR) is 121 cm³/mol. The SMILES string of the molecule is CCNC(=NCc1ccc(S(C)(=O)=O)c(C)c1)NCC(C)(C)c1ccc(C)cc1. The van der Waals surface area contributed by atoms with Gasteiger partial charge < -0.3 is 10.6 Å². The first-order valence-electron chi connectivity index (χ1n) is 9.92. The van der Waals surface area contributed by atoms with E-state index in [1.54, 1.807) is 6.07 Å². The van der Waals surface area contributed by atoms with Crippen molar-refractivity contribution in [1.29, 1.82) is 0 Å². The zero-order valence-corrected chi connectivity index (χ0v) is 19.2. The number of sulfone groups is 1. The Morgan fingerprint density at radius 3 is 2.24 bits per heavy atom. The van der Waals surface area contributed by atoms with E-state index < -0.39 is 9.84 Å². The first-order chi connectivity index (χ1) is 13.5. The molecule has 0 bridgehead atoms. The minimum atomic E-state index is -3.20. The number of guanidine groups is 1. The lowest BCUT2D eigenvalue weighted by Crippen LogP contribution is -2.43. The standard InChI is InChI=1S/C23H33N3O2S/c1-7-24-22(26-16-23(4,5)20-11-8-17(2)9-12-20)25-15-19-10-13-21(18(3)14-19)29(6,27)28/h8-14H,7,15-16H2,1-6H3,(H2,24,25,26). The lowest BCUT2D eigenvalue weighted by molar-refractivity contribution is 0.508. The molecule has 0 atom stereocenters. The maximum atomic E-state index is 11.8. The highest BCUT2D eigenvalue weighted by atomic mass is 32.2. The summed E-state index contributed by atoms with van der Waals surface area (Å²) in [5.41, 5.74) is 4.21. The number of hydrogen-bond donors (Lipinski definition) is 2. The van der Waals surface area contributed by atoms with Crippen molar-refractivity contribution >= 4 is 15.8 Å². The van der Waals surface area contributed by atoms with Crippen molar-refractivity contribution in [2.75, 3.05) is 19.3 Å². The van der Waals surface area contributed by atoms with Gasteiger partial charge in [-0.2, -0.15) is 0 Å². The van der Waals surface area contributed by atoms with Crippen LogP contribution in [0.3, 0.4) is 0 Å². The van der Waals surface area contributed by atoms with E-state index in [1.165, 1.54) is 17.4 Å². The minimum absolute atomic E-state index is 0.0440. The molecule has 0 radical (unpaired) electrons. The molecule has 0 aliphatic rings. The van der Waals surface area contributed by atoms with E-state index in [0.717, 1.165) is 30.2 Å². The molecule has 29 heavy (non-hydrogen) atoms. The highest BCUT2D eigenvalue weighted by Gasteiger charge is 2.20. The summed E-state index contributed by atoms with van der Waals surface area (Å²) >= 11 is 0. The Bertz CT molecular complexity index is 962. The van der Waals surface area contributed by atoms with Crippen LogP contribution < -0.4 is 10.6 Å².